The molecule has 0 spiro atoms. The van der Waals surface area contributed by atoms with E-state index in [0.29, 0.717) is 12.5 Å². The number of esters is 1. The van der Waals surface area contributed by atoms with E-state index in [1.807, 2.05) is 30.3 Å². The quantitative estimate of drug-likeness (QED) is 0.811. The smallest absolute Gasteiger partial charge is 0.309 e. The Morgan fingerprint density at radius 3 is 2.88 bits per heavy atom. The molecule has 0 bridgehead atoms. The van der Waals surface area contributed by atoms with E-state index >= 15 is 0 Å². The van der Waals surface area contributed by atoms with Gasteiger partial charge in [-0.3, -0.25) is 4.79 Å². The average Bonchev–Trinajstić information content (AvgIpc) is 2.38. The van der Waals surface area contributed by atoms with E-state index in [0.717, 1.165) is 25.1 Å². The van der Waals surface area contributed by atoms with Crippen LogP contribution in [-0.2, 0) is 16.1 Å². The van der Waals surface area contributed by atoms with Crippen LogP contribution in [-0.4, -0.2) is 19.1 Å². The first-order valence-electron chi connectivity index (χ1n) is 6.18. The molecule has 1 saturated heterocycles. The van der Waals surface area contributed by atoms with Gasteiger partial charge in [0.25, 0.3) is 0 Å². The summed E-state index contributed by atoms with van der Waals surface area (Å²) in [6.45, 7) is 4.30. The average molecular weight is 233 g/mol. The predicted octanol–water partition coefficient (Wildman–Crippen LogP) is 1.98. The van der Waals surface area contributed by atoms with E-state index in [2.05, 4.69) is 12.2 Å². The molecule has 0 aliphatic carbocycles. The Bertz CT molecular complexity index is 364. The van der Waals surface area contributed by atoms with Crippen LogP contribution in [0.25, 0.3) is 0 Å². The number of ether oxygens (including phenoxy) is 1. The molecular formula is C14H19NO2. The molecule has 1 aromatic carbocycles. The van der Waals surface area contributed by atoms with Crippen molar-refractivity contribution in [2.45, 2.75) is 20.0 Å². The molecule has 2 atom stereocenters. The van der Waals surface area contributed by atoms with Crippen LogP contribution in [0.1, 0.15) is 18.9 Å². The van der Waals surface area contributed by atoms with E-state index in [4.69, 9.17) is 4.74 Å². The molecule has 3 heteroatoms. The largest absolute Gasteiger partial charge is 0.461 e. The van der Waals surface area contributed by atoms with Gasteiger partial charge < -0.3 is 10.1 Å². The first-order valence-corrected chi connectivity index (χ1v) is 6.18. The van der Waals surface area contributed by atoms with Crippen molar-refractivity contribution in [2.75, 3.05) is 13.1 Å². The molecule has 1 aliphatic heterocycles. The number of hydrogen-bond donors (Lipinski definition) is 1. The van der Waals surface area contributed by atoms with E-state index in [1.54, 1.807) is 0 Å². The maximum absolute atomic E-state index is 11.9. The van der Waals surface area contributed by atoms with Crippen molar-refractivity contribution < 1.29 is 9.53 Å². The van der Waals surface area contributed by atoms with Crippen molar-refractivity contribution >= 4 is 5.97 Å². The molecule has 0 amide bonds. The summed E-state index contributed by atoms with van der Waals surface area (Å²) in [5, 5.41) is 3.29. The molecule has 0 radical (unpaired) electrons. The maximum Gasteiger partial charge on any atom is 0.309 e. The van der Waals surface area contributed by atoms with Crippen molar-refractivity contribution in [1.29, 1.82) is 0 Å². The highest BCUT2D eigenvalue weighted by atomic mass is 16.5. The Balaban J connectivity index is 1.84. The maximum atomic E-state index is 11.9. The Kier molecular flexibility index (Phi) is 4.15. The minimum absolute atomic E-state index is 0.0529. The van der Waals surface area contributed by atoms with Crippen LogP contribution in [0.15, 0.2) is 30.3 Å². The lowest BCUT2D eigenvalue weighted by molar-refractivity contribution is -0.152. The van der Waals surface area contributed by atoms with Crippen LogP contribution in [0.2, 0.25) is 0 Å². The van der Waals surface area contributed by atoms with Crippen LogP contribution < -0.4 is 5.32 Å². The molecule has 92 valence electrons. The van der Waals surface area contributed by atoms with E-state index in [9.17, 15) is 4.79 Å². The van der Waals surface area contributed by atoms with Gasteiger partial charge in [0.1, 0.15) is 6.61 Å². The summed E-state index contributed by atoms with van der Waals surface area (Å²) in [7, 11) is 0. The second kappa shape index (κ2) is 5.82. The third kappa shape index (κ3) is 3.30. The highest BCUT2D eigenvalue weighted by Gasteiger charge is 2.28. The second-order valence-electron chi connectivity index (χ2n) is 4.67. The summed E-state index contributed by atoms with van der Waals surface area (Å²) in [4.78, 5) is 11.9. The molecule has 17 heavy (non-hydrogen) atoms. The fourth-order valence-electron chi connectivity index (χ4n) is 2.20. The Labute approximate surface area is 102 Å². The molecule has 1 aromatic rings. The molecule has 0 aromatic heterocycles. The van der Waals surface area contributed by atoms with Gasteiger partial charge in [-0.25, -0.2) is 0 Å². The molecule has 2 rings (SSSR count). The molecule has 3 nitrogen and oxygen atoms in total. The van der Waals surface area contributed by atoms with E-state index < -0.39 is 0 Å². The van der Waals surface area contributed by atoms with Crippen LogP contribution >= 0.6 is 0 Å². The zero-order valence-corrected chi connectivity index (χ0v) is 10.2. The van der Waals surface area contributed by atoms with Gasteiger partial charge in [0, 0.05) is 0 Å². The number of piperidine rings is 1. The summed E-state index contributed by atoms with van der Waals surface area (Å²) in [5.74, 6) is 0.370. The molecule has 1 fully saturated rings. The third-order valence-electron chi connectivity index (χ3n) is 3.31. The van der Waals surface area contributed by atoms with Gasteiger partial charge in [-0.15, -0.1) is 0 Å². The topological polar surface area (TPSA) is 38.3 Å². The third-order valence-corrected chi connectivity index (χ3v) is 3.31. The van der Waals surface area contributed by atoms with Crippen LogP contribution in [0.5, 0.6) is 0 Å². The highest BCUT2D eigenvalue weighted by molar-refractivity contribution is 5.73. The normalized spacial score (nSPS) is 24.3. The molecule has 1 N–H and O–H groups in total. The highest BCUT2D eigenvalue weighted by Crippen LogP contribution is 2.20. The summed E-state index contributed by atoms with van der Waals surface area (Å²) >= 11 is 0. The van der Waals surface area contributed by atoms with Crippen molar-refractivity contribution in [2.24, 2.45) is 11.8 Å². The van der Waals surface area contributed by atoms with Crippen molar-refractivity contribution in [3.05, 3.63) is 35.9 Å². The molecular weight excluding hydrogens is 214 g/mol. The van der Waals surface area contributed by atoms with Gasteiger partial charge in [-0.1, -0.05) is 37.3 Å². The fourth-order valence-corrected chi connectivity index (χ4v) is 2.20. The summed E-state index contributed by atoms with van der Waals surface area (Å²) in [6, 6.07) is 9.81. The Morgan fingerprint density at radius 1 is 1.41 bits per heavy atom. The molecule has 1 heterocycles. The SMILES string of the molecule is CC1CNCCC1C(=O)OCc1ccccc1. The first-order chi connectivity index (χ1) is 8.27. The lowest BCUT2D eigenvalue weighted by atomic mass is 9.88. The lowest BCUT2D eigenvalue weighted by Crippen LogP contribution is -2.39. The van der Waals surface area contributed by atoms with Gasteiger partial charge >= 0.3 is 5.97 Å². The Morgan fingerprint density at radius 2 is 2.18 bits per heavy atom. The predicted molar refractivity (Wildman–Crippen MR) is 66.4 cm³/mol. The summed E-state index contributed by atoms with van der Waals surface area (Å²) in [5.41, 5.74) is 1.04. The van der Waals surface area contributed by atoms with Gasteiger partial charge in [-0.2, -0.15) is 0 Å². The van der Waals surface area contributed by atoms with E-state index in [-0.39, 0.29) is 11.9 Å². The molecule has 0 saturated carbocycles. The standard InChI is InChI=1S/C14H19NO2/c1-11-9-15-8-7-13(11)14(16)17-10-12-5-3-2-4-6-12/h2-6,11,13,15H,7-10H2,1H3. The Hall–Kier alpha value is -1.35. The van der Waals surface area contributed by atoms with Crippen LogP contribution in [0, 0.1) is 11.8 Å². The number of hydrogen-bond acceptors (Lipinski definition) is 3. The number of nitrogens with one attached hydrogen (secondary N) is 1. The summed E-state index contributed by atoms with van der Waals surface area (Å²) in [6.07, 6.45) is 0.884. The van der Waals surface area contributed by atoms with Crippen molar-refractivity contribution in [3.8, 4) is 0 Å². The monoisotopic (exact) mass is 233 g/mol. The minimum Gasteiger partial charge on any atom is -0.461 e. The van der Waals surface area contributed by atoms with Gasteiger partial charge in [-0.05, 0) is 31.0 Å². The van der Waals surface area contributed by atoms with Gasteiger partial charge in [0.05, 0.1) is 5.92 Å². The molecule has 2 unspecified atom stereocenters. The molecule has 1 aliphatic rings. The number of benzene rings is 1. The summed E-state index contributed by atoms with van der Waals surface area (Å²) < 4.78 is 5.37. The van der Waals surface area contributed by atoms with E-state index in [1.165, 1.54) is 0 Å². The minimum atomic E-state index is -0.0529. The van der Waals surface area contributed by atoms with Crippen LogP contribution in [0.3, 0.4) is 0 Å². The van der Waals surface area contributed by atoms with Gasteiger partial charge in [0.2, 0.25) is 0 Å². The van der Waals surface area contributed by atoms with Crippen molar-refractivity contribution in [1.82, 2.24) is 5.32 Å². The lowest BCUT2D eigenvalue weighted by Gasteiger charge is -2.27. The number of carbonyl (C=O) groups excluding carboxylic acids is 1. The second-order valence-corrected chi connectivity index (χ2v) is 4.67. The van der Waals surface area contributed by atoms with Gasteiger partial charge in [0.15, 0.2) is 0 Å². The van der Waals surface area contributed by atoms with Crippen molar-refractivity contribution in [3.63, 3.8) is 0 Å². The zero-order chi connectivity index (χ0) is 12.1. The number of carbonyl (C=O) groups is 1. The zero-order valence-electron chi connectivity index (χ0n) is 10.2. The number of rotatable bonds is 3. The fraction of sp³-hybridized carbons (Fsp3) is 0.500. The van der Waals surface area contributed by atoms with Crippen LogP contribution in [0.4, 0.5) is 0 Å². The first kappa shape index (κ1) is 12.1.